The number of rotatable bonds is 4. The van der Waals surface area contributed by atoms with Crippen LogP contribution in [0.25, 0.3) is 0 Å². The van der Waals surface area contributed by atoms with Crippen molar-refractivity contribution in [2.45, 2.75) is 63.8 Å². The van der Waals surface area contributed by atoms with Crippen molar-refractivity contribution in [2.75, 3.05) is 6.61 Å². The molecule has 8 nitrogen and oxygen atoms in total. The molecule has 0 aliphatic heterocycles. The molecule has 0 bridgehead atoms. The maximum atomic E-state index is 17.1. The quantitative estimate of drug-likeness (QED) is 0.291. The van der Waals surface area contributed by atoms with E-state index >= 15 is 4.39 Å². The molecule has 180 valence electrons. The molecule has 0 amide bonds. The van der Waals surface area contributed by atoms with E-state index in [1.165, 1.54) is 18.2 Å². The van der Waals surface area contributed by atoms with E-state index in [4.69, 9.17) is 4.52 Å². The fourth-order valence-corrected chi connectivity index (χ4v) is 8.54. The number of hydrogen-bond donors (Lipinski definition) is 4. The Morgan fingerprint density at radius 3 is 2.55 bits per heavy atom. The fraction of sp³-hybridized carbons (Fsp3) is 0.727. The molecular formula is C22H31FNaO8P. The number of phosphoric ester groups is 1. The summed E-state index contributed by atoms with van der Waals surface area (Å²) in [6.07, 6.45) is 3.34. The van der Waals surface area contributed by atoms with E-state index in [1.54, 1.807) is 20.8 Å². The van der Waals surface area contributed by atoms with Gasteiger partial charge in [0.1, 0.15) is 12.2 Å². The number of fused-ring (bicyclic) bond motifs is 5. The van der Waals surface area contributed by atoms with Crippen LogP contribution < -0.4 is 29.6 Å². The number of aliphatic hydroxyl groups is 2. The van der Waals surface area contributed by atoms with E-state index in [2.05, 4.69) is 0 Å². The maximum absolute atomic E-state index is 17.1. The number of halogens is 1. The smallest absolute Gasteiger partial charge is 1.00 e. The molecule has 4 rings (SSSR count). The van der Waals surface area contributed by atoms with Gasteiger partial charge in [0.05, 0.1) is 6.10 Å². The fourth-order valence-electron chi connectivity index (χ4n) is 7.67. The number of carbonyl (C=O) groups is 2. The summed E-state index contributed by atoms with van der Waals surface area (Å²) in [5, 5.41) is 21.0. The van der Waals surface area contributed by atoms with E-state index in [1.807, 2.05) is 0 Å². The van der Waals surface area contributed by atoms with Gasteiger partial charge in [0.15, 0.2) is 17.2 Å². The Hall–Kier alpha value is -0.220. The van der Waals surface area contributed by atoms with Crippen LogP contribution in [0.15, 0.2) is 23.8 Å². The zero-order chi connectivity index (χ0) is 23.9. The number of phosphoric acid groups is 1. The van der Waals surface area contributed by atoms with Gasteiger partial charge in [-0.3, -0.25) is 14.1 Å². The summed E-state index contributed by atoms with van der Waals surface area (Å²) in [7, 11) is -5.17. The standard InChI is InChI=1S/C22H30FO8P.Na.H/c1-12-8-16-15-5-4-13-9-14(25)6-7-19(13,2)21(15,23)17(26)10-20(16,3)22(12,18(27)11-24)31-32(28,29)30;;/h6-7,9,12,15-17,24,26H,4-5,8,10-11H2,1-3H3,(H2,28,29,30);;/q;+1;-1/t12-,15-,16?,17+,19+,20+,21+,22+;;/m1../s1. The van der Waals surface area contributed by atoms with Crippen LogP contribution >= 0.6 is 7.82 Å². The SMILES string of the molecule is C[C@@H]1CC2[C@H]3CCC4=CC(=O)C=C[C@]4(C)[C@@]3(F)[C@@H](O)C[C@]2(C)[C@@]1(OP(=O)(O)O)C(=O)CO.[H-].[Na+]. The van der Waals surface area contributed by atoms with Gasteiger partial charge in [-0.25, -0.2) is 8.96 Å². The van der Waals surface area contributed by atoms with Gasteiger partial charge in [0.25, 0.3) is 0 Å². The van der Waals surface area contributed by atoms with Gasteiger partial charge in [-0.15, -0.1) is 0 Å². The van der Waals surface area contributed by atoms with Gasteiger partial charge in [0, 0.05) is 16.7 Å². The van der Waals surface area contributed by atoms with Gasteiger partial charge in [0.2, 0.25) is 0 Å². The molecule has 0 heterocycles. The summed E-state index contributed by atoms with van der Waals surface area (Å²) in [6.45, 7) is 3.87. The second-order valence-electron chi connectivity index (χ2n) is 10.3. The van der Waals surface area contributed by atoms with E-state index in [0.717, 1.165) is 0 Å². The first-order valence-corrected chi connectivity index (χ1v) is 12.4. The average Bonchev–Trinajstić information content (AvgIpc) is 2.90. The third-order valence-corrected chi connectivity index (χ3v) is 9.53. The van der Waals surface area contributed by atoms with Crippen LogP contribution in [-0.2, 0) is 18.7 Å². The molecule has 3 saturated carbocycles. The van der Waals surface area contributed by atoms with E-state index in [-0.39, 0.29) is 49.6 Å². The molecule has 0 spiro atoms. The summed E-state index contributed by atoms with van der Waals surface area (Å²) < 4.78 is 34.2. The Morgan fingerprint density at radius 1 is 1.33 bits per heavy atom. The van der Waals surface area contributed by atoms with Gasteiger partial charge < -0.3 is 21.4 Å². The van der Waals surface area contributed by atoms with Crippen molar-refractivity contribution < 1.29 is 74.1 Å². The van der Waals surface area contributed by atoms with Crippen molar-refractivity contribution in [1.82, 2.24) is 0 Å². The number of Topliss-reactive ketones (excluding diaryl/α,β-unsaturated/α-hetero) is 1. The van der Waals surface area contributed by atoms with Crippen LogP contribution in [0.5, 0.6) is 0 Å². The van der Waals surface area contributed by atoms with Crippen molar-refractivity contribution >= 4 is 19.4 Å². The van der Waals surface area contributed by atoms with Crippen molar-refractivity contribution in [3.8, 4) is 0 Å². The molecule has 4 N–H and O–H groups in total. The summed E-state index contributed by atoms with van der Waals surface area (Å²) >= 11 is 0. The molecule has 0 aromatic carbocycles. The zero-order valence-corrected chi connectivity index (χ0v) is 22.2. The Kier molecular flexibility index (Phi) is 6.99. The monoisotopic (exact) mass is 496 g/mol. The average molecular weight is 496 g/mol. The molecule has 4 aliphatic carbocycles. The largest absolute Gasteiger partial charge is 1.00 e. The van der Waals surface area contributed by atoms with Gasteiger partial charge >= 0.3 is 37.4 Å². The minimum absolute atomic E-state index is 0. The first-order valence-electron chi connectivity index (χ1n) is 10.9. The minimum atomic E-state index is -5.17. The van der Waals surface area contributed by atoms with Crippen LogP contribution in [0.2, 0.25) is 0 Å². The molecule has 0 aromatic heterocycles. The Bertz CT molecular complexity index is 986. The van der Waals surface area contributed by atoms with Gasteiger partial charge in [-0.2, -0.15) is 0 Å². The number of alkyl halides is 1. The van der Waals surface area contributed by atoms with Gasteiger partial charge in [-0.1, -0.05) is 25.5 Å². The Balaban J connectivity index is 0.00000204. The maximum Gasteiger partial charge on any atom is 1.00 e. The van der Waals surface area contributed by atoms with Crippen molar-refractivity contribution in [3.05, 3.63) is 23.8 Å². The summed E-state index contributed by atoms with van der Waals surface area (Å²) in [5.74, 6) is -3.13. The molecule has 0 saturated heterocycles. The number of carbonyl (C=O) groups excluding carboxylic acids is 2. The normalized spacial score (nSPS) is 46.5. The summed E-state index contributed by atoms with van der Waals surface area (Å²) in [6, 6.07) is 0. The van der Waals surface area contributed by atoms with Crippen molar-refractivity contribution in [1.29, 1.82) is 0 Å². The van der Waals surface area contributed by atoms with Crippen LogP contribution in [0.1, 0.15) is 47.9 Å². The molecule has 11 heteroatoms. The molecule has 3 fully saturated rings. The Morgan fingerprint density at radius 2 is 1.97 bits per heavy atom. The number of hydrogen-bond acceptors (Lipinski definition) is 6. The first kappa shape index (κ1) is 27.4. The number of allylic oxidation sites excluding steroid dienone is 4. The van der Waals surface area contributed by atoms with Crippen molar-refractivity contribution in [3.63, 3.8) is 0 Å². The zero-order valence-electron chi connectivity index (χ0n) is 20.3. The first-order chi connectivity index (χ1) is 14.7. The molecule has 4 aliphatic rings. The number of ketones is 2. The van der Waals surface area contributed by atoms with E-state index in [0.29, 0.717) is 18.4 Å². The summed E-state index contributed by atoms with van der Waals surface area (Å²) in [4.78, 5) is 44.2. The third-order valence-electron chi connectivity index (χ3n) is 9.00. The van der Waals surface area contributed by atoms with E-state index < -0.39 is 66.2 Å². The number of aliphatic hydroxyl groups excluding tert-OH is 2. The van der Waals surface area contributed by atoms with Crippen molar-refractivity contribution in [2.24, 2.45) is 28.6 Å². The second-order valence-corrected chi connectivity index (χ2v) is 11.5. The van der Waals surface area contributed by atoms with E-state index in [9.17, 15) is 34.2 Å². The Labute approximate surface area is 215 Å². The van der Waals surface area contributed by atoms with Crippen LogP contribution in [0, 0.1) is 28.6 Å². The van der Waals surface area contributed by atoms with Gasteiger partial charge in [-0.05, 0) is 56.6 Å². The van der Waals surface area contributed by atoms with Crippen LogP contribution in [0.4, 0.5) is 4.39 Å². The van der Waals surface area contributed by atoms with Crippen LogP contribution in [0.3, 0.4) is 0 Å². The molecule has 33 heavy (non-hydrogen) atoms. The second kappa shape index (κ2) is 8.43. The van der Waals surface area contributed by atoms with Crippen LogP contribution in [-0.4, -0.2) is 55.5 Å². The predicted molar refractivity (Wildman–Crippen MR) is 112 cm³/mol. The molecule has 1 unspecified atom stereocenters. The predicted octanol–water partition coefficient (Wildman–Crippen LogP) is -0.871. The molecule has 0 aromatic rings. The topological polar surface area (TPSA) is 141 Å². The minimum Gasteiger partial charge on any atom is -1.00 e. The molecule has 0 radical (unpaired) electrons. The summed E-state index contributed by atoms with van der Waals surface area (Å²) in [5.41, 5.74) is -6.13. The third kappa shape index (κ3) is 3.50. The molecule has 8 atom stereocenters. The molecular weight excluding hydrogens is 465 g/mol.